The molecule has 0 aromatic heterocycles. The van der Waals surface area contributed by atoms with Crippen molar-refractivity contribution in [2.75, 3.05) is 0 Å². The van der Waals surface area contributed by atoms with Crippen LogP contribution in [-0.2, 0) is 23.9 Å². The number of carbonyl (C=O) groups is 3. The van der Waals surface area contributed by atoms with Gasteiger partial charge in [0.1, 0.15) is 12.2 Å². The van der Waals surface area contributed by atoms with E-state index in [1.54, 1.807) is 0 Å². The van der Waals surface area contributed by atoms with E-state index in [0.717, 1.165) is 38.5 Å². The largest absolute Gasteiger partial charge is 0.479 e. The van der Waals surface area contributed by atoms with Gasteiger partial charge in [-0.05, 0) is 38.5 Å². The molecule has 0 radical (unpaired) electrons. The second-order valence-corrected chi connectivity index (χ2v) is 7.48. The van der Waals surface area contributed by atoms with Crippen molar-refractivity contribution in [3.63, 3.8) is 0 Å². The molecule has 2 atom stereocenters. The molecule has 1 rings (SSSR count). The predicted octanol–water partition coefficient (Wildman–Crippen LogP) is 3.36. The van der Waals surface area contributed by atoms with Crippen LogP contribution in [0.1, 0.15) is 90.9 Å². The highest BCUT2D eigenvalue weighted by Gasteiger charge is 2.43. The highest BCUT2D eigenvalue weighted by molar-refractivity contribution is 5.89. The maximum absolute atomic E-state index is 12.2. The van der Waals surface area contributed by atoms with Crippen LogP contribution < -0.4 is 0 Å². The molecule has 0 aliphatic carbocycles. The fraction of sp³-hybridized carbons (Fsp3) is 0.850. The summed E-state index contributed by atoms with van der Waals surface area (Å²) in [5, 5.41) is 19.6. The topological polar surface area (TPSA) is 110 Å². The summed E-state index contributed by atoms with van der Waals surface area (Å²) >= 11 is 0. The van der Waals surface area contributed by atoms with Gasteiger partial charge in [0.25, 0.3) is 0 Å². The Labute approximate surface area is 161 Å². The van der Waals surface area contributed by atoms with Crippen molar-refractivity contribution < 1.29 is 34.1 Å². The Morgan fingerprint density at radius 2 is 1.33 bits per heavy atom. The normalized spacial score (nSPS) is 27.4. The Morgan fingerprint density at radius 3 is 1.67 bits per heavy atom. The highest BCUT2D eigenvalue weighted by atomic mass is 16.6. The number of hydrogen-bond acceptors (Lipinski definition) is 6. The molecular weight excluding hydrogens is 352 g/mol. The van der Waals surface area contributed by atoms with Gasteiger partial charge in [-0.15, -0.1) is 0 Å². The van der Waals surface area contributed by atoms with Crippen LogP contribution in [-0.4, -0.2) is 45.9 Å². The quantitative estimate of drug-likeness (QED) is 0.462. The molecule has 1 heterocycles. The Morgan fingerprint density at radius 1 is 0.926 bits per heavy atom. The zero-order valence-electron chi connectivity index (χ0n) is 16.6. The van der Waals surface area contributed by atoms with Crippen LogP contribution in [0.25, 0.3) is 0 Å². The van der Waals surface area contributed by atoms with Gasteiger partial charge in [0.2, 0.25) is 0 Å². The van der Waals surface area contributed by atoms with Crippen LogP contribution in [0.3, 0.4) is 0 Å². The van der Waals surface area contributed by atoms with Crippen molar-refractivity contribution in [2.45, 2.75) is 109 Å². The first kappa shape index (κ1) is 23.4. The van der Waals surface area contributed by atoms with E-state index in [0.29, 0.717) is 25.7 Å². The zero-order chi connectivity index (χ0) is 20.3. The molecule has 0 saturated carbocycles. The molecule has 0 aromatic rings. The highest BCUT2D eigenvalue weighted by Crippen LogP contribution is 2.25. The fourth-order valence-corrected chi connectivity index (χ4v) is 3.29. The van der Waals surface area contributed by atoms with E-state index in [1.807, 2.05) is 0 Å². The number of carboxylic acid groups (broad SMARTS) is 1. The molecule has 1 aliphatic heterocycles. The second kappa shape index (κ2) is 12.0. The minimum absolute atomic E-state index is 0.354. The van der Waals surface area contributed by atoms with Crippen molar-refractivity contribution in [3.05, 3.63) is 0 Å². The molecule has 1 saturated heterocycles. The zero-order valence-corrected chi connectivity index (χ0v) is 16.6. The third-order valence-corrected chi connectivity index (χ3v) is 4.94. The van der Waals surface area contributed by atoms with Crippen molar-refractivity contribution in [1.82, 2.24) is 0 Å². The van der Waals surface area contributed by atoms with E-state index in [-0.39, 0.29) is 12.2 Å². The number of unbranched alkanes of at least 4 members (excludes halogenated alkanes) is 4. The maximum atomic E-state index is 12.2. The molecule has 2 unspecified atom stereocenters. The number of hydrogen-bond donors (Lipinski definition) is 2. The van der Waals surface area contributed by atoms with Gasteiger partial charge in [0, 0.05) is 0 Å². The Kier molecular flexibility index (Phi) is 10.4. The summed E-state index contributed by atoms with van der Waals surface area (Å²) in [5.41, 5.74) is -2.50. The van der Waals surface area contributed by atoms with Gasteiger partial charge < -0.3 is 19.7 Å². The van der Waals surface area contributed by atoms with E-state index in [1.165, 1.54) is 0 Å². The molecule has 1 aliphatic rings. The number of aliphatic hydroxyl groups is 1. The van der Waals surface area contributed by atoms with Crippen LogP contribution in [0.5, 0.6) is 0 Å². The van der Waals surface area contributed by atoms with Gasteiger partial charge in [0.15, 0.2) is 5.60 Å². The summed E-state index contributed by atoms with van der Waals surface area (Å²) in [6, 6.07) is 0. The molecule has 7 nitrogen and oxygen atoms in total. The van der Waals surface area contributed by atoms with Crippen LogP contribution in [0.4, 0.5) is 0 Å². The lowest BCUT2D eigenvalue weighted by Gasteiger charge is -2.22. The standard InChI is InChI=1S/C20H34O7/c1-3-5-7-9-15-11-12-16(10-8-6-4-2)27-18(22)14-20(25,19(23)24)13-17(21)26-15/h15-16,25H,3-14H2,1-2H3,(H,23,24). The minimum Gasteiger partial charge on any atom is -0.479 e. The van der Waals surface area contributed by atoms with Gasteiger partial charge in [-0.1, -0.05) is 39.5 Å². The van der Waals surface area contributed by atoms with E-state index in [9.17, 15) is 24.6 Å². The summed E-state index contributed by atoms with van der Waals surface area (Å²) in [7, 11) is 0. The predicted molar refractivity (Wildman–Crippen MR) is 99.1 cm³/mol. The van der Waals surface area contributed by atoms with Crippen molar-refractivity contribution in [2.24, 2.45) is 0 Å². The molecule has 2 N–H and O–H groups in total. The first-order valence-corrected chi connectivity index (χ1v) is 10.2. The minimum atomic E-state index is -2.50. The van der Waals surface area contributed by atoms with Crippen molar-refractivity contribution in [1.29, 1.82) is 0 Å². The van der Waals surface area contributed by atoms with Crippen LogP contribution in [0, 0.1) is 0 Å². The average Bonchev–Trinajstić information content (AvgIpc) is 2.60. The molecule has 0 bridgehead atoms. The third-order valence-electron chi connectivity index (χ3n) is 4.94. The smallest absolute Gasteiger partial charge is 0.336 e. The molecule has 0 amide bonds. The van der Waals surface area contributed by atoms with Crippen LogP contribution in [0.15, 0.2) is 0 Å². The summed E-state index contributed by atoms with van der Waals surface area (Å²) < 4.78 is 10.9. The first-order chi connectivity index (χ1) is 12.8. The van der Waals surface area contributed by atoms with Gasteiger partial charge in [-0.25, -0.2) is 4.79 Å². The number of aliphatic carboxylic acids is 1. The average molecular weight is 386 g/mol. The van der Waals surface area contributed by atoms with Gasteiger partial charge in [-0.3, -0.25) is 9.59 Å². The lowest BCUT2D eigenvalue weighted by Crippen LogP contribution is -2.44. The lowest BCUT2D eigenvalue weighted by molar-refractivity contribution is -0.175. The van der Waals surface area contributed by atoms with E-state index < -0.39 is 36.4 Å². The van der Waals surface area contributed by atoms with Crippen molar-refractivity contribution in [3.8, 4) is 0 Å². The SMILES string of the molecule is CCCCCC1CCC(CCCCC)OC(=O)CC(O)(C(=O)O)CC(=O)O1. The summed E-state index contributed by atoms with van der Waals surface area (Å²) in [6.45, 7) is 4.17. The van der Waals surface area contributed by atoms with E-state index in [2.05, 4.69) is 13.8 Å². The molecule has 27 heavy (non-hydrogen) atoms. The molecular formula is C20H34O7. The molecule has 1 fully saturated rings. The van der Waals surface area contributed by atoms with E-state index in [4.69, 9.17) is 9.47 Å². The number of ether oxygens (including phenoxy) is 2. The van der Waals surface area contributed by atoms with Gasteiger partial charge >= 0.3 is 17.9 Å². The lowest BCUT2D eigenvalue weighted by atomic mass is 9.96. The summed E-state index contributed by atoms with van der Waals surface area (Å²) in [5.74, 6) is -3.21. The van der Waals surface area contributed by atoms with Crippen LogP contribution >= 0.6 is 0 Å². The van der Waals surface area contributed by atoms with Crippen LogP contribution in [0.2, 0.25) is 0 Å². The Balaban J connectivity index is 2.91. The fourth-order valence-electron chi connectivity index (χ4n) is 3.29. The first-order valence-electron chi connectivity index (χ1n) is 10.2. The number of esters is 2. The number of cyclic esters (lactones) is 2. The molecule has 0 aromatic carbocycles. The molecule has 7 heteroatoms. The monoisotopic (exact) mass is 386 g/mol. The maximum Gasteiger partial charge on any atom is 0.336 e. The molecule has 0 spiro atoms. The Hall–Kier alpha value is -1.63. The van der Waals surface area contributed by atoms with E-state index >= 15 is 0 Å². The third kappa shape index (κ3) is 8.73. The van der Waals surface area contributed by atoms with Crippen molar-refractivity contribution >= 4 is 17.9 Å². The molecule has 156 valence electrons. The second-order valence-electron chi connectivity index (χ2n) is 7.48. The number of carbonyl (C=O) groups excluding carboxylic acids is 2. The number of rotatable bonds is 9. The Bertz CT molecular complexity index is 455. The van der Waals surface area contributed by atoms with Gasteiger partial charge in [-0.2, -0.15) is 0 Å². The summed E-state index contributed by atoms with van der Waals surface area (Å²) in [6.07, 6.45) is 6.16. The number of carboxylic acids is 1. The van der Waals surface area contributed by atoms with Gasteiger partial charge in [0.05, 0.1) is 12.8 Å². The summed E-state index contributed by atoms with van der Waals surface area (Å²) in [4.78, 5) is 35.8.